The second-order valence-electron chi connectivity index (χ2n) is 7.02. The molecule has 1 aromatic rings. The molecule has 154 valence electrons. The van der Waals surface area contributed by atoms with Gasteiger partial charge in [-0.15, -0.1) is 12.4 Å². The van der Waals surface area contributed by atoms with E-state index < -0.39 is 0 Å². The molecule has 2 N–H and O–H groups in total. The van der Waals surface area contributed by atoms with E-state index in [1.807, 2.05) is 32.0 Å². The second-order valence-corrected chi connectivity index (χ2v) is 7.02. The topological polar surface area (TPSA) is 59.6 Å². The van der Waals surface area contributed by atoms with Gasteiger partial charge in [0.15, 0.2) is 11.5 Å². The minimum Gasteiger partial charge on any atom is -0.490 e. The molecule has 0 radical (unpaired) electrons. The van der Waals surface area contributed by atoms with Crippen molar-refractivity contribution in [3.8, 4) is 11.5 Å². The molecule has 0 aliphatic carbocycles. The zero-order valence-electron chi connectivity index (χ0n) is 16.9. The zero-order chi connectivity index (χ0) is 18.8. The fourth-order valence-corrected chi connectivity index (χ4v) is 3.54. The first-order valence-electron chi connectivity index (χ1n) is 10.00. The maximum Gasteiger partial charge on any atom is 0.220 e. The normalized spacial score (nSPS) is 15.5. The number of rotatable bonds is 10. The lowest BCUT2D eigenvalue weighted by atomic mass is 9.84. The molecular weight excluding hydrogens is 364 g/mol. The Kier molecular flexibility index (Phi) is 11.2. The van der Waals surface area contributed by atoms with Gasteiger partial charge in [0, 0.05) is 13.0 Å². The van der Waals surface area contributed by atoms with Gasteiger partial charge < -0.3 is 20.1 Å². The number of nitrogens with one attached hydrogen (secondary N) is 2. The van der Waals surface area contributed by atoms with Gasteiger partial charge in [0.05, 0.1) is 13.2 Å². The molecule has 0 aromatic heterocycles. The quantitative estimate of drug-likeness (QED) is 0.632. The molecule has 1 amide bonds. The molecule has 5 nitrogen and oxygen atoms in total. The van der Waals surface area contributed by atoms with E-state index in [0.717, 1.165) is 36.6 Å². The van der Waals surface area contributed by atoms with E-state index in [4.69, 9.17) is 9.47 Å². The molecule has 1 fully saturated rings. The summed E-state index contributed by atoms with van der Waals surface area (Å²) in [7, 11) is 0. The first kappa shape index (κ1) is 23.6. The Bertz CT molecular complexity index is 562. The Labute approximate surface area is 170 Å². The Hall–Kier alpha value is -1.46. The highest BCUT2D eigenvalue weighted by atomic mass is 35.5. The van der Waals surface area contributed by atoms with Crippen LogP contribution in [0.2, 0.25) is 0 Å². The monoisotopic (exact) mass is 398 g/mol. The summed E-state index contributed by atoms with van der Waals surface area (Å²) in [6.45, 7) is 10.2. The van der Waals surface area contributed by atoms with Gasteiger partial charge >= 0.3 is 0 Å². The van der Waals surface area contributed by atoms with Gasteiger partial charge in [-0.2, -0.15) is 0 Å². The lowest BCUT2D eigenvalue weighted by Crippen LogP contribution is -2.34. The van der Waals surface area contributed by atoms with Crippen LogP contribution in [0.15, 0.2) is 18.2 Å². The summed E-state index contributed by atoms with van der Waals surface area (Å²) >= 11 is 0. The molecule has 1 aliphatic rings. The van der Waals surface area contributed by atoms with E-state index in [-0.39, 0.29) is 18.3 Å². The van der Waals surface area contributed by atoms with E-state index >= 15 is 0 Å². The van der Waals surface area contributed by atoms with Gasteiger partial charge in [0.1, 0.15) is 0 Å². The third-order valence-electron chi connectivity index (χ3n) is 5.04. The molecule has 1 aliphatic heterocycles. The molecular formula is C21H35ClN2O3. The van der Waals surface area contributed by atoms with Crippen molar-refractivity contribution in [2.24, 2.45) is 11.8 Å². The van der Waals surface area contributed by atoms with Gasteiger partial charge in [-0.1, -0.05) is 13.0 Å². The molecule has 1 saturated heterocycles. The van der Waals surface area contributed by atoms with Crippen LogP contribution >= 0.6 is 12.4 Å². The fraction of sp³-hybridized carbons (Fsp3) is 0.667. The number of carbonyl (C=O) groups is 1. The van der Waals surface area contributed by atoms with Crippen molar-refractivity contribution in [1.29, 1.82) is 0 Å². The van der Waals surface area contributed by atoms with Gasteiger partial charge in [-0.3, -0.25) is 4.79 Å². The first-order chi connectivity index (χ1) is 12.6. The largest absolute Gasteiger partial charge is 0.490 e. The van der Waals surface area contributed by atoms with Crippen molar-refractivity contribution < 1.29 is 14.3 Å². The molecule has 1 unspecified atom stereocenters. The SMILES string of the molecule is CCOc1ccc(CCNC(=O)CC(C)C2CCNCC2)cc1OCC.Cl. The summed E-state index contributed by atoms with van der Waals surface area (Å²) in [5.41, 5.74) is 1.14. The summed E-state index contributed by atoms with van der Waals surface area (Å²) in [4.78, 5) is 12.2. The maximum absolute atomic E-state index is 12.2. The number of piperidine rings is 1. The minimum atomic E-state index is 0. The number of ether oxygens (including phenoxy) is 2. The van der Waals surface area contributed by atoms with E-state index in [2.05, 4.69) is 17.6 Å². The predicted octanol–water partition coefficient (Wildman–Crippen LogP) is 3.59. The Morgan fingerprint density at radius 1 is 1.19 bits per heavy atom. The molecule has 1 aromatic carbocycles. The molecule has 0 saturated carbocycles. The van der Waals surface area contributed by atoms with Crippen molar-refractivity contribution >= 4 is 18.3 Å². The van der Waals surface area contributed by atoms with Crippen LogP contribution in [0.3, 0.4) is 0 Å². The van der Waals surface area contributed by atoms with Gasteiger partial charge in [-0.05, 0) is 75.7 Å². The molecule has 0 bridgehead atoms. The number of benzene rings is 1. The standard InChI is InChI=1S/C21H34N2O3.ClH/c1-4-25-19-7-6-17(15-20(19)26-5-2)8-13-23-21(24)14-16(3)18-9-11-22-12-10-18;/h6-7,15-16,18,22H,4-5,8-14H2,1-3H3,(H,23,24);1H. The smallest absolute Gasteiger partial charge is 0.220 e. The van der Waals surface area contributed by atoms with E-state index in [1.165, 1.54) is 12.8 Å². The summed E-state index contributed by atoms with van der Waals surface area (Å²) in [5, 5.41) is 6.45. The number of halogens is 1. The molecule has 1 heterocycles. The predicted molar refractivity (Wildman–Crippen MR) is 112 cm³/mol. The Morgan fingerprint density at radius 3 is 2.52 bits per heavy atom. The van der Waals surface area contributed by atoms with Crippen LogP contribution in [0, 0.1) is 11.8 Å². The van der Waals surface area contributed by atoms with Gasteiger partial charge in [-0.25, -0.2) is 0 Å². The number of hydrogen-bond donors (Lipinski definition) is 2. The van der Waals surface area contributed by atoms with Crippen molar-refractivity contribution in [2.75, 3.05) is 32.8 Å². The Balaban J connectivity index is 0.00000364. The summed E-state index contributed by atoms with van der Waals surface area (Å²) in [5.74, 6) is 2.83. The molecule has 0 spiro atoms. The average molecular weight is 399 g/mol. The molecule has 1 atom stereocenters. The van der Waals surface area contributed by atoms with Crippen LogP contribution in [0.1, 0.15) is 45.6 Å². The average Bonchev–Trinajstić information content (AvgIpc) is 2.65. The van der Waals surface area contributed by atoms with Crippen molar-refractivity contribution in [3.63, 3.8) is 0 Å². The maximum atomic E-state index is 12.2. The van der Waals surface area contributed by atoms with Gasteiger partial charge in [0.25, 0.3) is 0 Å². The minimum absolute atomic E-state index is 0. The summed E-state index contributed by atoms with van der Waals surface area (Å²) in [6.07, 6.45) is 3.78. The van der Waals surface area contributed by atoms with Crippen LogP contribution in [0.5, 0.6) is 11.5 Å². The second kappa shape index (κ2) is 12.8. The molecule has 6 heteroatoms. The summed E-state index contributed by atoms with van der Waals surface area (Å²) in [6, 6.07) is 6.00. The third-order valence-corrected chi connectivity index (χ3v) is 5.04. The van der Waals surface area contributed by atoms with Gasteiger partial charge in [0.2, 0.25) is 5.91 Å². The number of amides is 1. The van der Waals surface area contributed by atoms with Crippen LogP contribution < -0.4 is 20.1 Å². The number of carbonyl (C=O) groups excluding carboxylic acids is 1. The van der Waals surface area contributed by atoms with Crippen LogP contribution in [-0.4, -0.2) is 38.8 Å². The van der Waals surface area contributed by atoms with Crippen molar-refractivity contribution in [1.82, 2.24) is 10.6 Å². The van der Waals surface area contributed by atoms with Crippen LogP contribution in [-0.2, 0) is 11.2 Å². The van der Waals surface area contributed by atoms with Crippen molar-refractivity contribution in [3.05, 3.63) is 23.8 Å². The highest BCUT2D eigenvalue weighted by Gasteiger charge is 2.21. The highest BCUT2D eigenvalue weighted by molar-refractivity contribution is 5.85. The summed E-state index contributed by atoms with van der Waals surface area (Å²) < 4.78 is 11.2. The van der Waals surface area contributed by atoms with E-state index in [1.54, 1.807) is 0 Å². The lowest BCUT2D eigenvalue weighted by molar-refractivity contribution is -0.122. The fourth-order valence-electron chi connectivity index (χ4n) is 3.54. The number of hydrogen-bond acceptors (Lipinski definition) is 4. The molecule has 27 heavy (non-hydrogen) atoms. The van der Waals surface area contributed by atoms with E-state index in [9.17, 15) is 4.79 Å². The zero-order valence-corrected chi connectivity index (χ0v) is 17.7. The highest BCUT2D eigenvalue weighted by Crippen LogP contribution is 2.28. The Morgan fingerprint density at radius 2 is 1.85 bits per heavy atom. The molecule has 2 rings (SSSR count). The lowest BCUT2D eigenvalue weighted by Gasteiger charge is -2.27. The third kappa shape index (κ3) is 7.97. The van der Waals surface area contributed by atoms with E-state index in [0.29, 0.717) is 38.0 Å². The first-order valence-corrected chi connectivity index (χ1v) is 10.00. The van der Waals surface area contributed by atoms with Crippen LogP contribution in [0.4, 0.5) is 0 Å². The van der Waals surface area contributed by atoms with Crippen LogP contribution in [0.25, 0.3) is 0 Å². The van der Waals surface area contributed by atoms with Crippen molar-refractivity contribution in [2.45, 2.75) is 46.5 Å².